The zero-order valence-electron chi connectivity index (χ0n) is 10.5. The maximum atomic E-state index is 13.1. The van der Waals surface area contributed by atoms with Crippen molar-refractivity contribution in [2.24, 2.45) is 0 Å². The SMILES string of the molecule is O=C(O)c1ccc(CS(=O)c2ccc(F)c(F)c2)c(Br)c1. The summed E-state index contributed by atoms with van der Waals surface area (Å²) >= 11 is 3.21. The summed E-state index contributed by atoms with van der Waals surface area (Å²) in [5.74, 6) is -3.06. The molecule has 1 N–H and O–H groups in total. The summed E-state index contributed by atoms with van der Waals surface area (Å²) in [6, 6.07) is 7.40. The van der Waals surface area contributed by atoms with Crippen LogP contribution in [-0.4, -0.2) is 15.3 Å². The Hall–Kier alpha value is -1.60. The van der Waals surface area contributed by atoms with Crippen LogP contribution in [0.5, 0.6) is 0 Å². The molecule has 2 aromatic carbocycles. The van der Waals surface area contributed by atoms with Crippen LogP contribution in [0.25, 0.3) is 0 Å². The molecule has 0 heterocycles. The Labute approximate surface area is 130 Å². The van der Waals surface area contributed by atoms with Crippen LogP contribution in [0.3, 0.4) is 0 Å². The minimum atomic E-state index is -1.56. The number of hydrogen-bond acceptors (Lipinski definition) is 2. The average Bonchev–Trinajstić information content (AvgIpc) is 2.43. The van der Waals surface area contributed by atoms with Gasteiger partial charge in [0.1, 0.15) is 0 Å². The van der Waals surface area contributed by atoms with Gasteiger partial charge in [-0.3, -0.25) is 4.21 Å². The first kappa shape index (κ1) is 15.8. The average molecular weight is 375 g/mol. The summed E-state index contributed by atoms with van der Waals surface area (Å²) in [7, 11) is -1.56. The Kier molecular flexibility index (Phi) is 4.84. The predicted molar refractivity (Wildman–Crippen MR) is 77.6 cm³/mol. The van der Waals surface area contributed by atoms with Gasteiger partial charge >= 0.3 is 5.97 Å². The highest BCUT2D eigenvalue weighted by atomic mass is 79.9. The first-order chi connectivity index (χ1) is 9.88. The summed E-state index contributed by atoms with van der Waals surface area (Å²) in [5.41, 5.74) is 0.715. The Balaban J connectivity index is 2.23. The molecule has 0 fully saturated rings. The van der Waals surface area contributed by atoms with E-state index in [1.165, 1.54) is 24.3 Å². The predicted octanol–water partition coefficient (Wildman–Crippen LogP) is 3.73. The van der Waals surface area contributed by atoms with Crippen LogP contribution in [0, 0.1) is 11.6 Å². The van der Waals surface area contributed by atoms with E-state index in [1.807, 2.05) is 0 Å². The van der Waals surface area contributed by atoms with Crippen molar-refractivity contribution in [3.63, 3.8) is 0 Å². The van der Waals surface area contributed by atoms with Crippen LogP contribution < -0.4 is 0 Å². The number of carbonyl (C=O) groups is 1. The number of halogens is 3. The Morgan fingerprint density at radius 2 is 1.86 bits per heavy atom. The number of rotatable bonds is 4. The van der Waals surface area contributed by atoms with Gasteiger partial charge in [-0.05, 0) is 35.9 Å². The van der Waals surface area contributed by atoms with Crippen molar-refractivity contribution in [2.45, 2.75) is 10.6 Å². The lowest BCUT2D eigenvalue weighted by atomic mass is 10.1. The van der Waals surface area contributed by atoms with Crippen LogP contribution in [0.4, 0.5) is 8.78 Å². The molecule has 0 radical (unpaired) electrons. The molecule has 0 aliphatic heterocycles. The second-order valence-corrected chi connectivity index (χ2v) is 6.48. The van der Waals surface area contributed by atoms with Gasteiger partial charge in [-0.1, -0.05) is 22.0 Å². The molecular formula is C14H9BrF2O3S. The van der Waals surface area contributed by atoms with E-state index in [1.54, 1.807) is 0 Å². The summed E-state index contributed by atoms with van der Waals surface area (Å²) in [6.07, 6.45) is 0. The molecule has 3 nitrogen and oxygen atoms in total. The topological polar surface area (TPSA) is 54.4 Å². The van der Waals surface area contributed by atoms with Gasteiger partial charge in [0.15, 0.2) is 11.6 Å². The van der Waals surface area contributed by atoms with Crippen molar-refractivity contribution in [3.8, 4) is 0 Å². The van der Waals surface area contributed by atoms with E-state index in [9.17, 15) is 17.8 Å². The third kappa shape index (κ3) is 3.74. The third-order valence-electron chi connectivity index (χ3n) is 2.74. The molecule has 0 aliphatic carbocycles. The molecule has 0 saturated carbocycles. The highest BCUT2D eigenvalue weighted by Gasteiger charge is 2.12. The number of carboxylic acids is 1. The molecule has 0 bridgehead atoms. The first-order valence-electron chi connectivity index (χ1n) is 5.73. The molecule has 2 aromatic rings. The van der Waals surface area contributed by atoms with Crippen molar-refractivity contribution < 1.29 is 22.9 Å². The van der Waals surface area contributed by atoms with Crippen molar-refractivity contribution in [3.05, 3.63) is 63.6 Å². The van der Waals surface area contributed by atoms with E-state index in [4.69, 9.17) is 5.11 Å². The molecular weight excluding hydrogens is 366 g/mol. The molecule has 0 spiro atoms. The molecule has 1 unspecified atom stereocenters. The van der Waals surface area contributed by atoms with E-state index in [0.29, 0.717) is 10.0 Å². The lowest BCUT2D eigenvalue weighted by molar-refractivity contribution is 0.0697. The van der Waals surface area contributed by atoms with E-state index in [0.717, 1.165) is 12.1 Å². The van der Waals surface area contributed by atoms with Crippen LogP contribution in [0.15, 0.2) is 45.8 Å². The second-order valence-electron chi connectivity index (χ2n) is 4.18. The Morgan fingerprint density at radius 3 is 2.43 bits per heavy atom. The van der Waals surface area contributed by atoms with E-state index >= 15 is 0 Å². The zero-order chi connectivity index (χ0) is 15.6. The second kappa shape index (κ2) is 6.44. The van der Waals surface area contributed by atoms with E-state index in [-0.39, 0.29) is 16.2 Å². The highest BCUT2D eigenvalue weighted by molar-refractivity contribution is 9.10. The van der Waals surface area contributed by atoms with Gasteiger partial charge in [-0.2, -0.15) is 0 Å². The Morgan fingerprint density at radius 1 is 1.14 bits per heavy atom. The first-order valence-corrected chi connectivity index (χ1v) is 7.85. The molecule has 2 rings (SSSR count). The molecule has 0 aliphatic rings. The Bertz CT molecular complexity index is 734. The molecule has 110 valence electrons. The van der Waals surface area contributed by atoms with Crippen LogP contribution in [-0.2, 0) is 16.6 Å². The summed E-state index contributed by atoms with van der Waals surface area (Å²) < 4.78 is 38.6. The van der Waals surface area contributed by atoms with Gasteiger partial charge in [0.2, 0.25) is 0 Å². The molecule has 1 atom stereocenters. The molecule has 7 heteroatoms. The van der Waals surface area contributed by atoms with E-state index in [2.05, 4.69) is 15.9 Å². The molecule has 0 saturated heterocycles. The van der Waals surface area contributed by atoms with Crippen molar-refractivity contribution in [1.29, 1.82) is 0 Å². The third-order valence-corrected chi connectivity index (χ3v) is 4.83. The normalized spacial score (nSPS) is 12.1. The summed E-state index contributed by atoms with van der Waals surface area (Å²) in [5, 5.41) is 8.86. The van der Waals surface area contributed by atoms with Crippen molar-refractivity contribution in [1.82, 2.24) is 0 Å². The van der Waals surface area contributed by atoms with Crippen LogP contribution in [0.2, 0.25) is 0 Å². The lowest BCUT2D eigenvalue weighted by Crippen LogP contribution is -2.01. The number of benzene rings is 2. The maximum absolute atomic E-state index is 13.1. The molecule has 0 aromatic heterocycles. The minimum Gasteiger partial charge on any atom is -0.478 e. The highest BCUT2D eigenvalue weighted by Crippen LogP contribution is 2.23. The quantitative estimate of drug-likeness (QED) is 0.886. The zero-order valence-corrected chi connectivity index (χ0v) is 12.9. The standard InChI is InChI=1S/C14H9BrF2O3S/c15-11-5-8(14(18)19)1-2-9(11)7-21(20)10-3-4-12(16)13(17)6-10/h1-6H,7H2,(H,18,19). The smallest absolute Gasteiger partial charge is 0.335 e. The summed E-state index contributed by atoms with van der Waals surface area (Å²) in [6.45, 7) is 0. The van der Waals surface area contributed by atoms with Gasteiger partial charge in [0, 0.05) is 9.37 Å². The summed E-state index contributed by atoms with van der Waals surface area (Å²) in [4.78, 5) is 11.0. The number of hydrogen-bond donors (Lipinski definition) is 1. The van der Waals surface area contributed by atoms with Gasteiger partial charge in [0.25, 0.3) is 0 Å². The van der Waals surface area contributed by atoms with Crippen LogP contribution in [0.1, 0.15) is 15.9 Å². The fraction of sp³-hybridized carbons (Fsp3) is 0.0714. The van der Waals surface area contributed by atoms with E-state index < -0.39 is 28.4 Å². The fourth-order valence-corrected chi connectivity index (χ4v) is 3.50. The van der Waals surface area contributed by atoms with Gasteiger partial charge in [-0.15, -0.1) is 0 Å². The number of carboxylic acid groups (broad SMARTS) is 1. The van der Waals surface area contributed by atoms with Crippen molar-refractivity contribution in [2.75, 3.05) is 0 Å². The fourth-order valence-electron chi connectivity index (χ4n) is 1.64. The molecule has 0 amide bonds. The van der Waals surface area contributed by atoms with Gasteiger partial charge < -0.3 is 5.11 Å². The maximum Gasteiger partial charge on any atom is 0.335 e. The molecule has 21 heavy (non-hydrogen) atoms. The van der Waals surface area contributed by atoms with Crippen molar-refractivity contribution >= 4 is 32.7 Å². The van der Waals surface area contributed by atoms with Gasteiger partial charge in [0.05, 0.1) is 22.1 Å². The minimum absolute atomic E-state index is 0.0611. The largest absolute Gasteiger partial charge is 0.478 e. The number of aromatic carboxylic acids is 1. The lowest BCUT2D eigenvalue weighted by Gasteiger charge is -2.06. The van der Waals surface area contributed by atoms with Crippen LogP contribution >= 0.6 is 15.9 Å². The van der Waals surface area contributed by atoms with Gasteiger partial charge in [-0.25, -0.2) is 13.6 Å². The monoisotopic (exact) mass is 374 g/mol.